The van der Waals surface area contributed by atoms with E-state index in [2.05, 4.69) is 64.3 Å². The molecular weight excluding hydrogens is 618 g/mol. The van der Waals surface area contributed by atoms with Gasteiger partial charge in [0, 0.05) is 41.8 Å². The number of carbonyl (C=O) groups is 3. The van der Waals surface area contributed by atoms with E-state index in [0.29, 0.717) is 23.3 Å². The maximum Gasteiger partial charge on any atom is 0.274 e. The van der Waals surface area contributed by atoms with Crippen molar-refractivity contribution in [2.45, 2.75) is 96.9 Å². The molecule has 0 aliphatic heterocycles. The molecule has 9 nitrogen and oxygen atoms in total. The van der Waals surface area contributed by atoms with Crippen LogP contribution in [0, 0.1) is 5.41 Å². The summed E-state index contributed by atoms with van der Waals surface area (Å²) in [5.41, 5.74) is 1.34. The minimum atomic E-state index is -2.57. The van der Waals surface area contributed by atoms with E-state index in [0.717, 1.165) is 36.3 Å². The van der Waals surface area contributed by atoms with Gasteiger partial charge >= 0.3 is 0 Å². The number of Topliss-reactive ketones (excluding diaryl/α,β-unsaturated/α-hetero) is 1. The Morgan fingerprint density at radius 3 is 2.02 bits per heavy atom. The number of alkyl halides is 1. The minimum absolute atomic E-state index is 0.0435. The van der Waals surface area contributed by atoms with E-state index in [4.69, 9.17) is 16.3 Å². The summed E-state index contributed by atoms with van der Waals surface area (Å²) in [6, 6.07) is 17.0. The molecule has 3 aromatic rings. The van der Waals surface area contributed by atoms with Gasteiger partial charge in [-0.1, -0.05) is 97.3 Å². The maximum atomic E-state index is 14.0. The van der Waals surface area contributed by atoms with Crippen LogP contribution in [0.25, 0.3) is 0 Å². The Bertz CT molecular complexity index is 1540. The Morgan fingerprint density at radius 2 is 1.45 bits per heavy atom. The van der Waals surface area contributed by atoms with Crippen LogP contribution >= 0.6 is 11.6 Å². The minimum Gasteiger partial charge on any atom is -0.494 e. The highest BCUT2D eigenvalue weighted by molar-refractivity contribution is 6.46. The summed E-state index contributed by atoms with van der Waals surface area (Å²) in [6.45, 7) is 16.5. The second-order valence-corrected chi connectivity index (χ2v) is 14.5. The van der Waals surface area contributed by atoms with Crippen LogP contribution in [0.5, 0.6) is 17.5 Å². The van der Waals surface area contributed by atoms with Crippen LogP contribution in [0.15, 0.2) is 60.7 Å². The van der Waals surface area contributed by atoms with Crippen LogP contribution in [0.4, 0.5) is 5.69 Å². The van der Waals surface area contributed by atoms with Crippen molar-refractivity contribution in [1.82, 2.24) is 9.88 Å². The number of aromatic hydroxyl groups is 2. The monoisotopic (exact) mass is 667 g/mol. The van der Waals surface area contributed by atoms with Crippen LogP contribution in [0.2, 0.25) is 0 Å². The highest BCUT2D eigenvalue weighted by atomic mass is 35.5. The van der Waals surface area contributed by atoms with Gasteiger partial charge in [0.25, 0.3) is 10.9 Å². The number of amides is 2. The summed E-state index contributed by atoms with van der Waals surface area (Å²) in [6.07, 6.45) is 2.55. The molecule has 10 heteroatoms. The molecule has 47 heavy (non-hydrogen) atoms. The van der Waals surface area contributed by atoms with Crippen LogP contribution in [-0.4, -0.2) is 45.5 Å². The number of aromatic nitrogens is 1. The van der Waals surface area contributed by atoms with E-state index in [1.165, 1.54) is 19.4 Å². The average Bonchev–Trinajstić information content (AvgIpc) is 3.39. The molecule has 0 spiro atoms. The van der Waals surface area contributed by atoms with Gasteiger partial charge in [-0.15, -0.1) is 0 Å². The number of ether oxygens (including phenoxy) is 1. The lowest BCUT2D eigenvalue weighted by molar-refractivity contribution is -0.139. The van der Waals surface area contributed by atoms with E-state index in [1.54, 1.807) is 30.3 Å². The highest BCUT2D eigenvalue weighted by Crippen LogP contribution is 2.41. The number of carbonyl (C=O) groups excluding carboxylic acids is 3. The lowest BCUT2D eigenvalue weighted by Gasteiger charge is -2.34. The predicted molar refractivity (Wildman–Crippen MR) is 186 cm³/mol. The van der Waals surface area contributed by atoms with Gasteiger partial charge < -0.3 is 25.6 Å². The number of nitrogens with one attached hydrogen (secondary N) is 2. The summed E-state index contributed by atoms with van der Waals surface area (Å²) < 4.78 is 6.86. The molecule has 0 saturated heterocycles. The Hall–Kier alpha value is -3.98. The lowest BCUT2D eigenvalue weighted by Crippen LogP contribution is -2.54. The first-order chi connectivity index (χ1) is 21.9. The number of para-hydroxylation sites is 1. The van der Waals surface area contributed by atoms with Crippen LogP contribution in [0.3, 0.4) is 0 Å². The van der Waals surface area contributed by atoms with E-state index in [-0.39, 0.29) is 29.7 Å². The molecule has 0 aliphatic rings. The average molecular weight is 668 g/mol. The third kappa shape index (κ3) is 8.49. The molecule has 0 bridgehead atoms. The molecule has 4 N–H and O–H groups in total. The van der Waals surface area contributed by atoms with E-state index in [9.17, 15) is 24.6 Å². The molecule has 1 unspecified atom stereocenters. The first-order valence-electron chi connectivity index (χ1n) is 16.2. The topological polar surface area (TPSA) is 130 Å². The van der Waals surface area contributed by atoms with Gasteiger partial charge in [0.1, 0.15) is 5.75 Å². The quantitative estimate of drug-likeness (QED) is 0.0717. The zero-order valence-corrected chi connectivity index (χ0v) is 29.6. The lowest BCUT2D eigenvalue weighted by atomic mass is 9.76. The van der Waals surface area contributed by atoms with E-state index in [1.807, 2.05) is 6.07 Å². The van der Waals surface area contributed by atoms with E-state index >= 15 is 0 Å². The van der Waals surface area contributed by atoms with Gasteiger partial charge in [0.2, 0.25) is 5.91 Å². The van der Waals surface area contributed by atoms with Crippen LogP contribution in [-0.2, 0) is 30.2 Å². The van der Waals surface area contributed by atoms with Gasteiger partial charge in [-0.05, 0) is 53.9 Å². The SMILES string of the molecule is CCC(C)(C)c1ccc(OCCCC(=O)NCC(C)(C)C(=O)C(Cl)(C(=O)Nc2ccccc2)n2c(O)ccc2O)c(C(C)(C)CC)c1. The molecule has 256 valence electrons. The number of hydrogen-bond donors (Lipinski definition) is 4. The molecule has 2 aromatic carbocycles. The third-order valence-corrected chi connectivity index (χ3v) is 9.70. The fourth-order valence-electron chi connectivity index (χ4n) is 5.12. The summed E-state index contributed by atoms with van der Waals surface area (Å²) in [5.74, 6) is -2.48. The molecule has 3 rings (SSSR count). The van der Waals surface area contributed by atoms with Crippen molar-refractivity contribution in [2.75, 3.05) is 18.5 Å². The normalized spacial score (nSPS) is 13.5. The van der Waals surface area contributed by atoms with Crippen molar-refractivity contribution < 1.29 is 29.3 Å². The fraction of sp³-hybridized carbons (Fsp3) is 0.486. The summed E-state index contributed by atoms with van der Waals surface area (Å²) in [7, 11) is 0. The van der Waals surface area contributed by atoms with Crippen LogP contribution < -0.4 is 15.4 Å². The summed E-state index contributed by atoms with van der Waals surface area (Å²) in [5, 5.41) is 26.3. The highest BCUT2D eigenvalue weighted by Gasteiger charge is 2.54. The number of halogens is 1. The largest absolute Gasteiger partial charge is 0.494 e. The Kier molecular flexibility index (Phi) is 11.8. The van der Waals surface area contributed by atoms with Gasteiger partial charge in [0.15, 0.2) is 17.5 Å². The van der Waals surface area contributed by atoms with Crippen LogP contribution in [0.1, 0.15) is 92.2 Å². The Labute approximate surface area is 283 Å². The standard InChI is InChI=1S/C37H50ClN3O6/c1-9-34(3,4)25-18-19-28(27(23-25)35(5,6)10-2)47-22-14-17-29(42)39-24-36(7,8)32(45)37(38,41-30(43)20-21-31(41)44)33(46)40-26-15-12-11-13-16-26/h11-13,15-16,18-21,23,43-44H,9-10,14,17,22,24H2,1-8H3,(H,39,42)(H,40,46). The van der Waals surface area contributed by atoms with Gasteiger partial charge in [-0.2, -0.15) is 0 Å². The molecule has 0 saturated carbocycles. The molecule has 1 heterocycles. The molecule has 2 amide bonds. The number of hydrogen-bond acceptors (Lipinski definition) is 6. The van der Waals surface area contributed by atoms with Gasteiger partial charge in [0.05, 0.1) is 6.61 Å². The molecule has 0 fully saturated rings. The van der Waals surface area contributed by atoms with Crippen molar-refractivity contribution >= 4 is 34.9 Å². The van der Waals surface area contributed by atoms with Gasteiger partial charge in [-0.3, -0.25) is 14.4 Å². The van der Waals surface area contributed by atoms with Crippen molar-refractivity contribution in [2.24, 2.45) is 5.41 Å². The zero-order chi connectivity index (χ0) is 35.2. The van der Waals surface area contributed by atoms with Crippen molar-refractivity contribution in [3.63, 3.8) is 0 Å². The summed E-state index contributed by atoms with van der Waals surface area (Å²) in [4.78, 5) is 37.8. The number of benzene rings is 2. The number of nitrogens with zero attached hydrogens (tertiary/aromatic N) is 1. The first-order valence-corrected chi connectivity index (χ1v) is 16.5. The Morgan fingerprint density at radius 1 is 0.851 bits per heavy atom. The second kappa shape index (κ2) is 14.8. The second-order valence-electron chi connectivity index (χ2n) is 14.0. The summed E-state index contributed by atoms with van der Waals surface area (Å²) >= 11 is 6.78. The molecule has 0 aliphatic carbocycles. The molecule has 1 aromatic heterocycles. The molecule has 1 atom stereocenters. The number of ketones is 1. The third-order valence-electron chi connectivity index (χ3n) is 9.19. The van der Waals surface area contributed by atoms with Crippen molar-refractivity contribution in [1.29, 1.82) is 0 Å². The first kappa shape index (κ1) is 37.5. The fourth-order valence-corrected chi connectivity index (χ4v) is 5.60. The Balaban J connectivity index is 1.68. The molecule has 0 radical (unpaired) electrons. The maximum absolute atomic E-state index is 14.0. The van der Waals surface area contributed by atoms with Crippen molar-refractivity contribution in [3.05, 3.63) is 71.8 Å². The predicted octanol–water partition coefficient (Wildman–Crippen LogP) is 7.38. The van der Waals surface area contributed by atoms with E-state index < -0.39 is 33.9 Å². The smallest absolute Gasteiger partial charge is 0.274 e. The number of anilines is 1. The van der Waals surface area contributed by atoms with Gasteiger partial charge in [-0.25, -0.2) is 4.57 Å². The zero-order valence-electron chi connectivity index (χ0n) is 28.9. The number of rotatable bonds is 16. The van der Waals surface area contributed by atoms with Crippen molar-refractivity contribution in [3.8, 4) is 17.5 Å². The molecular formula is C37H50ClN3O6.